The molecule has 2 nitrogen and oxygen atoms in total. The Kier molecular flexibility index (Phi) is 3.68. The fourth-order valence-electron chi connectivity index (χ4n) is 0.974. The second-order valence-corrected chi connectivity index (χ2v) is 4.18. The molecular weight excluding hydrogens is 222 g/mol. The molecule has 5 heteroatoms. The fraction of sp³-hybridized carbons (Fsp3) is 0.300. The largest absolute Gasteiger partial charge is 0.478 e. The van der Waals surface area contributed by atoms with Gasteiger partial charge < -0.3 is 5.11 Å². The van der Waals surface area contributed by atoms with Crippen molar-refractivity contribution in [3.05, 3.63) is 29.8 Å². The number of aromatic carboxylic acids is 1. The number of hydrogen-bond donors (Lipinski definition) is 1. The van der Waals surface area contributed by atoms with Gasteiger partial charge in [0.2, 0.25) is 0 Å². The van der Waals surface area contributed by atoms with Gasteiger partial charge in [-0.3, -0.25) is 0 Å². The van der Waals surface area contributed by atoms with Gasteiger partial charge in [0, 0.05) is 11.8 Å². The lowest BCUT2D eigenvalue weighted by Crippen LogP contribution is -2.13. The molecule has 0 unspecified atom stereocenters. The van der Waals surface area contributed by atoms with E-state index in [-0.39, 0.29) is 5.56 Å². The average molecular weight is 232 g/mol. The first-order valence-electron chi connectivity index (χ1n) is 4.23. The molecule has 15 heavy (non-hydrogen) atoms. The molecular formula is C10H10F2O2S. The molecule has 1 aromatic rings. The molecule has 1 rings (SSSR count). The van der Waals surface area contributed by atoms with Crippen LogP contribution in [0.15, 0.2) is 29.2 Å². The van der Waals surface area contributed by atoms with Gasteiger partial charge in [-0.2, -0.15) is 0 Å². The Labute approximate surface area is 90.3 Å². The zero-order valence-corrected chi connectivity index (χ0v) is 8.85. The molecule has 0 saturated heterocycles. The number of carboxylic acid groups (broad SMARTS) is 1. The molecule has 1 aromatic carbocycles. The Balaban J connectivity index is 2.81. The van der Waals surface area contributed by atoms with Crippen molar-refractivity contribution in [1.82, 2.24) is 0 Å². The quantitative estimate of drug-likeness (QED) is 0.810. The number of alkyl halides is 2. The summed E-state index contributed by atoms with van der Waals surface area (Å²) >= 11 is 0.851. The minimum atomic E-state index is -2.80. The maximum absolute atomic E-state index is 12.6. The predicted molar refractivity (Wildman–Crippen MR) is 54.7 cm³/mol. The third kappa shape index (κ3) is 3.87. The van der Waals surface area contributed by atoms with E-state index in [9.17, 15) is 13.6 Å². The van der Waals surface area contributed by atoms with Crippen LogP contribution in [0.25, 0.3) is 0 Å². The van der Waals surface area contributed by atoms with Crippen molar-refractivity contribution in [2.45, 2.75) is 17.7 Å². The molecule has 0 aromatic heterocycles. The van der Waals surface area contributed by atoms with Crippen molar-refractivity contribution in [3.63, 3.8) is 0 Å². The predicted octanol–water partition coefficient (Wildman–Crippen LogP) is 3.13. The van der Waals surface area contributed by atoms with Gasteiger partial charge in [-0.05, 0) is 12.1 Å². The first-order valence-corrected chi connectivity index (χ1v) is 5.21. The van der Waals surface area contributed by atoms with E-state index in [1.54, 1.807) is 12.1 Å². The van der Waals surface area contributed by atoms with Gasteiger partial charge in [-0.1, -0.05) is 12.1 Å². The van der Waals surface area contributed by atoms with Gasteiger partial charge in [0.1, 0.15) is 0 Å². The van der Waals surface area contributed by atoms with Crippen LogP contribution in [0, 0.1) is 0 Å². The van der Waals surface area contributed by atoms with Crippen LogP contribution in [-0.2, 0) is 0 Å². The minimum absolute atomic E-state index is 0.0618. The summed E-state index contributed by atoms with van der Waals surface area (Å²) in [5.74, 6) is -4.31. The van der Waals surface area contributed by atoms with Crippen LogP contribution in [0.5, 0.6) is 0 Å². The van der Waals surface area contributed by atoms with Crippen molar-refractivity contribution in [3.8, 4) is 0 Å². The van der Waals surface area contributed by atoms with Crippen LogP contribution in [-0.4, -0.2) is 22.8 Å². The first kappa shape index (κ1) is 12.0. The van der Waals surface area contributed by atoms with Crippen LogP contribution in [0.1, 0.15) is 17.3 Å². The average Bonchev–Trinajstić information content (AvgIpc) is 2.14. The highest BCUT2D eigenvalue weighted by Gasteiger charge is 2.22. The summed E-state index contributed by atoms with van der Waals surface area (Å²) in [7, 11) is 0. The summed E-state index contributed by atoms with van der Waals surface area (Å²) in [4.78, 5) is 11.1. The SMILES string of the molecule is CC(F)(F)CSc1ccccc1C(=O)O. The van der Waals surface area contributed by atoms with E-state index >= 15 is 0 Å². The normalized spacial score (nSPS) is 11.4. The Morgan fingerprint density at radius 3 is 2.60 bits per heavy atom. The molecule has 0 aliphatic heterocycles. The number of carbonyl (C=O) groups is 1. The van der Waals surface area contributed by atoms with Gasteiger partial charge in [0.25, 0.3) is 5.92 Å². The molecule has 1 N–H and O–H groups in total. The monoisotopic (exact) mass is 232 g/mol. The number of thioether (sulfide) groups is 1. The molecule has 82 valence electrons. The van der Waals surface area contributed by atoms with Gasteiger partial charge in [-0.15, -0.1) is 11.8 Å². The fourth-order valence-corrected chi connectivity index (χ4v) is 1.87. The summed E-state index contributed by atoms with van der Waals surface area (Å²) in [6.45, 7) is 0.809. The van der Waals surface area contributed by atoms with E-state index in [2.05, 4.69) is 0 Å². The summed E-state index contributed by atoms with van der Waals surface area (Å²) in [6.07, 6.45) is 0. The topological polar surface area (TPSA) is 37.3 Å². The van der Waals surface area contributed by atoms with Gasteiger partial charge in [0.05, 0.1) is 11.3 Å². The van der Waals surface area contributed by atoms with E-state index in [0.717, 1.165) is 18.7 Å². The Morgan fingerprint density at radius 1 is 1.47 bits per heavy atom. The lowest BCUT2D eigenvalue weighted by molar-refractivity contribution is 0.0491. The second-order valence-electron chi connectivity index (χ2n) is 3.16. The Hall–Kier alpha value is -1.10. The molecule has 0 spiro atoms. The summed E-state index contributed by atoms with van der Waals surface area (Å²) in [6, 6.07) is 6.12. The molecule has 0 heterocycles. The molecule has 0 atom stereocenters. The number of benzene rings is 1. The number of rotatable bonds is 4. The summed E-state index contributed by atoms with van der Waals surface area (Å²) < 4.78 is 25.1. The summed E-state index contributed by atoms with van der Waals surface area (Å²) in [5, 5.41) is 8.79. The lowest BCUT2D eigenvalue weighted by atomic mass is 10.2. The molecule has 0 aliphatic rings. The van der Waals surface area contributed by atoms with Crippen molar-refractivity contribution >= 4 is 17.7 Å². The van der Waals surface area contributed by atoms with E-state index in [1.165, 1.54) is 12.1 Å². The highest BCUT2D eigenvalue weighted by molar-refractivity contribution is 7.99. The van der Waals surface area contributed by atoms with Crippen molar-refractivity contribution in [2.75, 3.05) is 5.75 Å². The molecule has 0 radical (unpaired) electrons. The first-order chi connectivity index (χ1) is 6.90. The molecule has 0 amide bonds. The van der Waals surface area contributed by atoms with E-state index < -0.39 is 17.6 Å². The smallest absolute Gasteiger partial charge is 0.336 e. The number of carboxylic acids is 1. The molecule has 0 aliphatic carbocycles. The molecule has 0 bridgehead atoms. The lowest BCUT2D eigenvalue weighted by Gasteiger charge is -2.10. The van der Waals surface area contributed by atoms with E-state index in [0.29, 0.717) is 4.90 Å². The highest BCUT2D eigenvalue weighted by Crippen LogP contribution is 2.28. The summed E-state index contributed by atoms with van der Waals surface area (Å²) in [5.41, 5.74) is 0.0618. The van der Waals surface area contributed by atoms with Crippen molar-refractivity contribution in [1.29, 1.82) is 0 Å². The maximum Gasteiger partial charge on any atom is 0.336 e. The van der Waals surface area contributed by atoms with Crippen LogP contribution in [0.3, 0.4) is 0 Å². The molecule has 0 fully saturated rings. The second kappa shape index (κ2) is 4.61. The van der Waals surface area contributed by atoms with Crippen LogP contribution >= 0.6 is 11.8 Å². The van der Waals surface area contributed by atoms with Crippen molar-refractivity contribution < 1.29 is 18.7 Å². The van der Waals surface area contributed by atoms with E-state index in [1.807, 2.05) is 0 Å². The zero-order valence-electron chi connectivity index (χ0n) is 8.04. The number of hydrogen-bond acceptors (Lipinski definition) is 2. The molecule has 0 saturated carbocycles. The standard InChI is InChI=1S/C10H10F2O2S/c1-10(11,12)6-15-8-5-3-2-4-7(8)9(13)14/h2-5H,6H2,1H3,(H,13,14). The third-order valence-electron chi connectivity index (χ3n) is 1.60. The van der Waals surface area contributed by atoms with Crippen molar-refractivity contribution in [2.24, 2.45) is 0 Å². The van der Waals surface area contributed by atoms with Crippen LogP contribution < -0.4 is 0 Å². The van der Waals surface area contributed by atoms with Crippen LogP contribution in [0.2, 0.25) is 0 Å². The van der Waals surface area contributed by atoms with E-state index in [4.69, 9.17) is 5.11 Å². The van der Waals surface area contributed by atoms with Crippen LogP contribution in [0.4, 0.5) is 8.78 Å². The number of halogens is 2. The third-order valence-corrected chi connectivity index (χ3v) is 2.92. The highest BCUT2D eigenvalue weighted by atomic mass is 32.2. The van der Waals surface area contributed by atoms with Gasteiger partial charge in [0.15, 0.2) is 0 Å². The Bertz CT molecular complexity index is 361. The maximum atomic E-state index is 12.6. The van der Waals surface area contributed by atoms with Gasteiger partial charge >= 0.3 is 5.97 Å². The Morgan fingerprint density at radius 2 is 2.07 bits per heavy atom. The van der Waals surface area contributed by atoms with Gasteiger partial charge in [-0.25, -0.2) is 13.6 Å². The zero-order chi connectivity index (χ0) is 11.5. The minimum Gasteiger partial charge on any atom is -0.478 e.